The van der Waals surface area contributed by atoms with E-state index in [1.807, 2.05) is 18.2 Å². The molecule has 1 aromatic carbocycles. The maximum absolute atomic E-state index is 11.0. The number of aliphatic hydroxyl groups excluding tert-OH is 1. The zero-order valence-electron chi connectivity index (χ0n) is 11.1. The molecule has 0 radical (unpaired) electrons. The lowest BCUT2D eigenvalue weighted by atomic mass is 9.89. The van der Waals surface area contributed by atoms with Gasteiger partial charge in [-0.3, -0.25) is 0 Å². The largest absolute Gasteiger partial charge is 0.494 e. The Labute approximate surface area is 114 Å². The van der Waals surface area contributed by atoms with E-state index in [1.165, 1.54) is 11.8 Å². The molecule has 1 aliphatic carbocycles. The van der Waals surface area contributed by atoms with Crippen LogP contribution >= 0.6 is 0 Å². The molecule has 4 nitrogen and oxygen atoms in total. The van der Waals surface area contributed by atoms with Crippen LogP contribution < -0.4 is 4.74 Å². The fourth-order valence-electron chi connectivity index (χ4n) is 2.35. The summed E-state index contributed by atoms with van der Waals surface area (Å²) in [5, 5.41) is 9.93. The van der Waals surface area contributed by atoms with E-state index in [9.17, 15) is 13.5 Å². The van der Waals surface area contributed by atoms with Crippen LogP contribution in [0.15, 0.2) is 18.2 Å². The molecule has 5 heteroatoms. The first kappa shape index (κ1) is 14.3. The lowest BCUT2D eigenvalue weighted by Gasteiger charge is -2.22. The number of sulfone groups is 1. The molecule has 1 aliphatic rings. The van der Waals surface area contributed by atoms with Crippen LogP contribution in [0.5, 0.6) is 5.75 Å². The Kier molecular flexibility index (Phi) is 4.47. The molecule has 0 amide bonds. The maximum atomic E-state index is 11.0. The Morgan fingerprint density at radius 1 is 1.42 bits per heavy atom. The second-order valence-corrected chi connectivity index (χ2v) is 7.36. The van der Waals surface area contributed by atoms with E-state index in [4.69, 9.17) is 4.74 Å². The standard InChI is InChI=1S/C14H20O4S/c1-19(16,17)9-3-8-18-12-7-6-11-4-2-5-14(15)13(11)10-12/h6-7,10,14-15H,2-5,8-9H2,1H3/t14-/m0/s1. The van der Waals surface area contributed by atoms with Gasteiger partial charge in [0.25, 0.3) is 0 Å². The van der Waals surface area contributed by atoms with Gasteiger partial charge in [-0.1, -0.05) is 6.07 Å². The van der Waals surface area contributed by atoms with E-state index in [0.29, 0.717) is 18.8 Å². The molecule has 2 rings (SSSR count). The van der Waals surface area contributed by atoms with Crippen LogP contribution in [0, 0.1) is 0 Å². The topological polar surface area (TPSA) is 63.6 Å². The van der Waals surface area contributed by atoms with E-state index in [-0.39, 0.29) is 5.75 Å². The molecule has 1 atom stereocenters. The molecular weight excluding hydrogens is 264 g/mol. The average Bonchev–Trinajstić information content (AvgIpc) is 2.34. The van der Waals surface area contributed by atoms with Crippen molar-refractivity contribution in [1.29, 1.82) is 0 Å². The highest BCUT2D eigenvalue weighted by molar-refractivity contribution is 7.90. The number of fused-ring (bicyclic) bond motifs is 1. The van der Waals surface area contributed by atoms with E-state index in [1.54, 1.807) is 0 Å². The quantitative estimate of drug-likeness (QED) is 0.838. The minimum absolute atomic E-state index is 0.139. The summed E-state index contributed by atoms with van der Waals surface area (Å²) in [6.07, 6.45) is 4.12. The van der Waals surface area contributed by atoms with Gasteiger partial charge in [-0.05, 0) is 48.9 Å². The zero-order valence-corrected chi connectivity index (χ0v) is 11.9. The van der Waals surface area contributed by atoms with Crippen LogP contribution in [-0.2, 0) is 16.3 Å². The summed E-state index contributed by atoms with van der Waals surface area (Å²) in [5.74, 6) is 0.841. The molecule has 0 spiro atoms. The van der Waals surface area contributed by atoms with Gasteiger partial charge in [-0.15, -0.1) is 0 Å². The minimum atomic E-state index is -2.92. The first-order chi connectivity index (χ1) is 8.96. The Bertz CT molecular complexity index is 536. The third kappa shape index (κ3) is 4.21. The molecule has 19 heavy (non-hydrogen) atoms. The van der Waals surface area contributed by atoms with Crippen molar-refractivity contribution in [3.05, 3.63) is 29.3 Å². The molecular formula is C14H20O4S. The Morgan fingerprint density at radius 2 is 2.21 bits per heavy atom. The summed E-state index contributed by atoms with van der Waals surface area (Å²) in [5.41, 5.74) is 2.13. The van der Waals surface area contributed by atoms with E-state index in [0.717, 1.165) is 24.8 Å². The minimum Gasteiger partial charge on any atom is -0.494 e. The monoisotopic (exact) mass is 284 g/mol. The molecule has 0 fully saturated rings. The fourth-order valence-corrected chi connectivity index (χ4v) is 3.00. The SMILES string of the molecule is CS(=O)(=O)CCCOc1ccc2c(c1)[C@@H](O)CCC2. The van der Waals surface area contributed by atoms with Crippen molar-refractivity contribution in [1.82, 2.24) is 0 Å². The van der Waals surface area contributed by atoms with Crippen LogP contribution in [0.1, 0.15) is 36.5 Å². The second-order valence-electron chi connectivity index (χ2n) is 5.10. The lowest BCUT2D eigenvalue weighted by molar-refractivity contribution is 0.156. The third-order valence-corrected chi connectivity index (χ3v) is 4.36. The van der Waals surface area contributed by atoms with Crippen LogP contribution in [-0.4, -0.2) is 32.1 Å². The Hall–Kier alpha value is -1.07. The summed E-state index contributed by atoms with van der Waals surface area (Å²) in [6, 6.07) is 5.75. The lowest BCUT2D eigenvalue weighted by Crippen LogP contribution is -2.10. The highest BCUT2D eigenvalue weighted by Gasteiger charge is 2.18. The van der Waals surface area contributed by atoms with Crippen molar-refractivity contribution >= 4 is 9.84 Å². The number of ether oxygens (including phenoxy) is 1. The van der Waals surface area contributed by atoms with Crippen LogP contribution in [0.3, 0.4) is 0 Å². The van der Waals surface area contributed by atoms with Gasteiger partial charge in [-0.2, -0.15) is 0 Å². The first-order valence-corrected chi connectivity index (χ1v) is 8.63. The number of hydrogen-bond acceptors (Lipinski definition) is 4. The average molecular weight is 284 g/mol. The maximum Gasteiger partial charge on any atom is 0.147 e. The van der Waals surface area contributed by atoms with Crippen LogP contribution in [0.4, 0.5) is 0 Å². The van der Waals surface area contributed by atoms with Crippen molar-refractivity contribution in [2.75, 3.05) is 18.6 Å². The third-order valence-electron chi connectivity index (χ3n) is 3.33. The Balaban J connectivity index is 1.93. The van der Waals surface area contributed by atoms with Crippen molar-refractivity contribution < 1.29 is 18.3 Å². The zero-order chi connectivity index (χ0) is 13.9. The molecule has 0 heterocycles. The molecule has 0 aromatic heterocycles. The van der Waals surface area contributed by atoms with Crippen molar-refractivity contribution in [2.45, 2.75) is 31.8 Å². The molecule has 0 unspecified atom stereocenters. The van der Waals surface area contributed by atoms with Gasteiger partial charge in [0, 0.05) is 6.26 Å². The number of aryl methyl sites for hydroxylation is 1. The van der Waals surface area contributed by atoms with Crippen LogP contribution in [0.25, 0.3) is 0 Å². The van der Waals surface area contributed by atoms with Gasteiger partial charge in [0.05, 0.1) is 18.5 Å². The van der Waals surface area contributed by atoms with E-state index < -0.39 is 15.9 Å². The predicted molar refractivity (Wildman–Crippen MR) is 74.2 cm³/mol. The molecule has 1 aromatic rings. The van der Waals surface area contributed by atoms with Gasteiger partial charge in [-0.25, -0.2) is 8.42 Å². The van der Waals surface area contributed by atoms with Gasteiger partial charge in [0.1, 0.15) is 15.6 Å². The van der Waals surface area contributed by atoms with Gasteiger partial charge < -0.3 is 9.84 Å². The van der Waals surface area contributed by atoms with E-state index in [2.05, 4.69) is 0 Å². The summed E-state index contributed by atoms with van der Waals surface area (Å²) < 4.78 is 27.5. The normalized spacial score (nSPS) is 18.9. The summed E-state index contributed by atoms with van der Waals surface area (Å²) in [4.78, 5) is 0. The Morgan fingerprint density at radius 3 is 2.95 bits per heavy atom. The highest BCUT2D eigenvalue weighted by Crippen LogP contribution is 2.32. The highest BCUT2D eigenvalue weighted by atomic mass is 32.2. The molecule has 0 saturated carbocycles. The van der Waals surface area contributed by atoms with Gasteiger partial charge in [0.15, 0.2) is 0 Å². The number of benzene rings is 1. The summed E-state index contributed by atoms with van der Waals surface area (Å²) in [7, 11) is -2.92. The molecule has 0 saturated heterocycles. The summed E-state index contributed by atoms with van der Waals surface area (Å²) >= 11 is 0. The number of hydrogen-bond donors (Lipinski definition) is 1. The molecule has 0 aliphatic heterocycles. The molecule has 106 valence electrons. The van der Waals surface area contributed by atoms with Gasteiger partial charge in [0.2, 0.25) is 0 Å². The van der Waals surface area contributed by atoms with Crippen LogP contribution in [0.2, 0.25) is 0 Å². The number of aliphatic hydroxyl groups is 1. The van der Waals surface area contributed by atoms with Crippen molar-refractivity contribution in [3.63, 3.8) is 0 Å². The van der Waals surface area contributed by atoms with Gasteiger partial charge >= 0.3 is 0 Å². The summed E-state index contributed by atoms with van der Waals surface area (Å²) in [6.45, 7) is 0.377. The predicted octanol–water partition coefficient (Wildman–Crippen LogP) is 1.87. The van der Waals surface area contributed by atoms with Crippen molar-refractivity contribution in [3.8, 4) is 5.75 Å². The molecule has 1 N–H and O–H groups in total. The fraction of sp³-hybridized carbons (Fsp3) is 0.571. The smallest absolute Gasteiger partial charge is 0.147 e. The second kappa shape index (κ2) is 5.92. The van der Waals surface area contributed by atoms with E-state index >= 15 is 0 Å². The first-order valence-electron chi connectivity index (χ1n) is 6.57. The van der Waals surface area contributed by atoms with Crippen molar-refractivity contribution in [2.24, 2.45) is 0 Å². The number of rotatable bonds is 5. The molecule has 0 bridgehead atoms.